The molecule has 92 valence electrons. The lowest BCUT2D eigenvalue weighted by atomic mass is 10.2. The molecule has 0 fully saturated rings. The second kappa shape index (κ2) is 5.74. The molecule has 1 atom stereocenters. The average Bonchev–Trinajstić information content (AvgIpc) is 2.30. The maximum atomic E-state index is 11.5. The quantitative estimate of drug-likeness (QED) is 0.656. The Morgan fingerprint density at radius 2 is 2.29 bits per heavy atom. The van der Waals surface area contributed by atoms with E-state index in [0.717, 1.165) is 0 Å². The number of amides is 1. The highest BCUT2D eigenvalue weighted by molar-refractivity contribution is 9.10. The first-order valence-electron chi connectivity index (χ1n) is 4.96. The first-order chi connectivity index (χ1) is 7.95. The summed E-state index contributed by atoms with van der Waals surface area (Å²) >= 11 is 3.06. The van der Waals surface area contributed by atoms with Gasteiger partial charge in [0.25, 0.3) is 5.69 Å². The predicted molar refractivity (Wildman–Crippen MR) is 67.7 cm³/mol. The molecule has 0 aliphatic rings. The number of nitro benzene ring substituents is 1. The fourth-order valence-corrected chi connectivity index (χ4v) is 1.54. The molecule has 0 aromatic heterocycles. The van der Waals surface area contributed by atoms with Gasteiger partial charge in [0, 0.05) is 11.8 Å². The Balaban J connectivity index is 2.90. The van der Waals surface area contributed by atoms with Crippen LogP contribution in [-0.4, -0.2) is 16.9 Å². The number of hydrogen-bond donors (Lipinski definition) is 2. The molecule has 1 amide bonds. The Hall–Kier alpha value is -1.47. The number of carbonyl (C=O) groups is 1. The van der Waals surface area contributed by atoms with Gasteiger partial charge in [-0.2, -0.15) is 0 Å². The largest absolute Gasteiger partial charge is 0.324 e. The van der Waals surface area contributed by atoms with E-state index in [0.29, 0.717) is 16.6 Å². The van der Waals surface area contributed by atoms with Crippen molar-refractivity contribution in [3.63, 3.8) is 0 Å². The second-order valence-corrected chi connectivity index (χ2v) is 4.28. The molecule has 1 aromatic rings. The molecule has 0 radical (unpaired) electrons. The molecule has 17 heavy (non-hydrogen) atoms. The average molecular weight is 302 g/mol. The van der Waals surface area contributed by atoms with Crippen LogP contribution in [0.25, 0.3) is 0 Å². The molecule has 0 heterocycles. The van der Waals surface area contributed by atoms with E-state index >= 15 is 0 Å². The summed E-state index contributed by atoms with van der Waals surface area (Å²) in [6, 6.07) is 3.74. The van der Waals surface area contributed by atoms with E-state index in [2.05, 4.69) is 21.2 Å². The van der Waals surface area contributed by atoms with Crippen LogP contribution in [0.3, 0.4) is 0 Å². The molecule has 1 unspecified atom stereocenters. The maximum Gasteiger partial charge on any atom is 0.285 e. The number of benzene rings is 1. The summed E-state index contributed by atoms with van der Waals surface area (Å²) in [6.07, 6.45) is 0.504. The summed E-state index contributed by atoms with van der Waals surface area (Å²) in [5.41, 5.74) is 5.79. The van der Waals surface area contributed by atoms with Crippen molar-refractivity contribution in [1.82, 2.24) is 0 Å². The third-order valence-electron chi connectivity index (χ3n) is 2.19. The fraction of sp³-hybridized carbons (Fsp3) is 0.300. The van der Waals surface area contributed by atoms with Gasteiger partial charge in [0.2, 0.25) is 5.91 Å². The monoisotopic (exact) mass is 301 g/mol. The normalized spacial score (nSPS) is 11.9. The van der Waals surface area contributed by atoms with E-state index in [1.165, 1.54) is 12.1 Å². The third kappa shape index (κ3) is 3.50. The third-order valence-corrected chi connectivity index (χ3v) is 2.86. The van der Waals surface area contributed by atoms with Gasteiger partial charge in [-0.25, -0.2) is 0 Å². The van der Waals surface area contributed by atoms with E-state index in [1.807, 2.05) is 0 Å². The standard InChI is InChI=1S/C10H12BrN3O3/c1-2-8(12)10(15)13-6-3-4-7(11)9(5-6)14(16)17/h3-5,8H,2,12H2,1H3,(H,13,15). The van der Waals surface area contributed by atoms with E-state index < -0.39 is 11.0 Å². The zero-order valence-electron chi connectivity index (χ0n) is 9.14. The lowest BCUT2D eigenvalue weighted by Gasteiger charge is -2.09. The van der Waals surface area contributed by atoms with E-state index in [4.69, 9.17) is 5.73 Å². The Kier molecular flexibility index (Phi) is 4.59. The van der Waals surface area contributed by atoms with Crippen LogP contribution in [0.2, 0.25) is 0 Å². The van der Waals surface area contributed by atoms with Crippen molar-refractivity contribution in [3.8, 4) is 0 Å². The Labute approximate surface area is 106 Å². The highest BCUT2D eigenvalue weighted by atomic mass is 79.9. The summed E-state index contributed by atoms with van der Waals surface area (Å²) in [5, 5.41) is 13.2. The number of nitrogens with one attached hydrogen (secondary N) is 1. The molecule has 0 aliphatic heterocycles. The minimum atomic E-state index is -0.613. The van der Waals surface area contributed by atoms with Crippen LogP contribution in [-0.2, 0) is 4.79 Å². The molecule has 1 aromatic carbocycles. The first kappa shape index (κ1) is 13.6. The van der Waals surface area contributed by atoms with Crippen molar-refractivity contribution >= 4 is 33.2 Å². The number of carbonyl (C=O) groups excluding carboxylic acids is 1. The molecule has 7 heteroatoms. The number of nitrogens with two attached hydrogens (primary N) is 1. The molecule has 0 aliphatic carbocycles. The summed E-state index contributed by atoms with van der Waals surface area (Å²) < 4.78 is 0.361. The number of nitro groups is 1. The summed E-state index contributed by atoms with van der Waals surface area (Å²) in [5.74, 6) is -0.357. The van der Waals surface area contributed by atoms with Crippen LogP contribution in [0, 0.1) is 10.1 Å². The van der Waals surface area contributed by atoms with Gasteiger partial charge in [-0.3, -0.25) is 14.9 Å². The van der Waals surface area contributed by atoms with Crippen molar-refractivity contribution < 1.29 is 9.72 Å². The van der Waals surface area contributed by atoms with Crippen molar-refractivity contribution in [1.29, 1.82) is 0 Å². The summed E-state index contributed by atoms with van der Waals surface area (Å²) in [6.45, 7) is 1.79. The van der Waals surface area contributed by atoms with Crippen molar-refractivity contribution in [2.24, 2.45) is 5.73 Å². The van der Waals surface area contributed by atoms with Gasteiger partial charge in [-0.15, -0.1) is 0 Å². The van der Waals surface area contributed by atoms with Crippen LogP contribution in [0.1, 0.15) is 13.3 Å². The molecule has 0 saturated carbocycles. The summed E-state index contributed by atoms with van der Waals surface area (Å²) in [4.78, 5) is 21.7. The van der Waals surface area contributed by atoms with Gasteiger partial charge in [-0.05, 0) is 34.5 Å². The van der Waals surface area contributed by atoms with E-state index in [1.54, 1.807) is 13.0 Å². The molecule has 0 spiro atoms. The summed E-state index contributed by atoms with van der Waals surface area (Å²) in [7, 11) is 0. The van der Waals surface area contributed by atoms with Gasteiger partial charge in [0.15, 0.2) is 0 Å². The fourth-order valence-electron chi connectivity index (χ4n) is 1.15. The maximum absolute atomic E-state index is 11.5. The van der Waals surface area contributed by atoms with Gasteiger partial charge in [0.05, 0.1) is 15.4 Å². The molecular weight excluding hydrogens is 290 g/mol. The van der Waals surface area contributed by atoms with Gasteiger partial charge >= 0.3 is 0 Å². The molecule has 0 saturated heterocycles. The first-order valence-corrected chi connectivity index (χ1v) is 5.75. The predicted octanol–water partition coefficient (Wildman–Crippen LogP) is 2.03. The number of hydrogen-bond acceptors (Lipinski definition) is 4. The highest BCUT2D eigenvalue weighted by Crippen LogP contribution is 2.27. The molecule has 1 rings (SSSR count). The van der Waals surface area contributed by atoms with E-state index in [-0.39, 0.29) is 11.6 Å². The number of halogens is 1. The molecule has 6 nitrogen and oxygen atoms in total. The van der Waals surface area contributed by atoms with Crippen LogP contribution in [0.5, 0.6) is 0 Å². The second-order valence-electron chi connectivity index (χ2n) is 3.43. The molecule has 0 bridgehead atoms. The van der Waals surface area contributed by atoms with Gasteiger partial charge < -0.3 is 11.1 Å². The molecule has 3 N–H and O–H groups in total. The van der Waals surface area contributed by atoms with E-state index in [9.17, 15) is 14.9 Å². The number of nitrogens with zero attached hydrogens (tertiary/aromatic N) is 1. The number of anilines is 1. The van der Waals surface area contributed by atoms with Crippen LogP contribution in [0.4, 0.5) is 11.4 Å². The zero-order valence-corrected chi connectivity index (χ0v) is 10.7. The van der Waals surface area contributed by atoms with Crippen LogP contribution in [0.15, 0.2) is 22.7 Å². The topological polar surface area (TPSA) is 98.3 Å². The lowest BCUT2D eigenvalue weighted by Crippen LogP contribution is -2.34. The Bertz CT molecular complexity index is 450. The number of rotatable bonds is 4. The van der Waals surface area contributed by atoms with Crippen LogP contribution < -0.4 is 11.1 Å². The van der Waals surface area contributed by atoms with Gasteiger partial charge in [0.1, 0.15) is 0 Å². The lowest BCUT2D eigenvalue weighted by molar-refractivity contribution is -0.385. The van der Waals surface area contributed by atoms with Crippen molar-refractivity contribution in [2.45, 2.75) is 19.4 Å². The minimum Gasteiger partial charge on any atom is -0.324 e. The minimum absolute atomic E-state index is 0.104. The smallest absolute Gasteiger partial charge is 0.285 e. The van der Waals surface area contributed by atoms with Crippen molar-refractivity contribution in [2.75, 3.05) is 5.32 Å². The SMILES string of the molecule is CCC(N)C(=O)Nc1ccc(Br)c([N+](=O)[O-])c1. The molecular formula is C10H12BrN3O3. The Morgan fingerprint density at radius 1 is 1.65 bits per heavy atom. The van der Waals surface area contributed by atoms with Crippen molar-refractivity contribution in [3.05, 3.63) is 32.8 Å². The van der Waals surface area contributed by atoms with Gasteiger partial charge in [-0.1, -0.05) is 6.92 Å². The highest BCUT2D eigenvalue weighted by Gasteiger charge is 2.15. The Morgan fingerprint density at radius 3 is 2.82 bits per heavy atom. The van der Waals surface area contributed by atoms with Crippen LogP contribution >= 0.6 is 15.9 Å². The zero-order chi connectivity index (χ0) is 13.0.